The summed E-state index contributed by atoms with van der Waals surface area (Å²) in [5, 5.41) is 6.95. The molecule has 0 aliphatic heterocycles. The second-order valence-electron chi connectivity index (χ2n) is 6.20. The Balaban J connectivity index is 1.85. The van der Waals surface area contributed by atoms with Crippen molar-refractivity contribution in [3.8, 4) is 0 Å². The fraction of sp³-hybridized carbons (Fsp3) is 0.611. The molecule has 1 aromatic rings. The van der Waals surface area contributed by atoms with Gasteiger partial charge in [0.25, 0.3) is 0 Å². The van der Waals surface area contributed by atoms with Gasteiger partial charge in [-0.1, -0.05) is 44.0 Å². The summed E-state index contributed by atoms with van der Waals surface area (Å²) in [6, 6.07) is 9.38. The number of hydrogen-bond acceptors (Lipinski definition) is 2. The van der Waals surface area contributed by atoms with Crippen molar-refractivity contribution in [2.45, 2.75) is 51.7 Å². The van der Waals surface area contributed by atoms with E-state index in [1.54, 1.807) is 0 Å². The first-order chi connectivity index (χ1) is 10.7. The molecule has 0 bridgehead atoms. The van der Waals surface area contributed by atoms with Crippen molar-refractivity contribution in [3.63, 3.8) is 0 Å². The van der Waals surface area contributed by atoms with Gasteiger partial charge >= 0.3 is 0 Å². The maximum absolute atomic E-state index is 4.34. The molecule has 0 amide bonds. The quantitative estimate of drug-likeness (QED) is 0.627. The third-order valence-corrected chi connectivity index (χ3v) is 4.36. The van der Waals surface area contributed by atoms with Gasteiger partial charge in [0.1, 0.15) is 0 Å². The van der Waals surface area contributed by atoms with Crippen LogP contribution in [0.5, 0.6) is 0 Å². The van der Waals surface area contributed by atoms with Crippen LogP contribution in [0, 0.1) is 0 Å². The summed E-state index contributed by atoms with van der Waals surface area (Å²) in [5.74, 6) is 0.919. The Morgan fingerprint density at radius 2 is 2.00 bits per heavy atom. The van der Waals surface area contributed by atoms with Crippen LogP contribution in [0.3, 0.4) is 0 Å². The Morgan fingerprint density at radius 3 is 2.68 bits per heavy atom. The van der Waals surface area contributed by atoms with E-state index in [0.717, 1.165) is 25.6 Å². The molecule has 2 N–H and O–H groups in total. The zero-order chi connectivity index (χ0) is 15.8. The van der Waals surface area contributed by atoms with Crippen molar-refractivity contribution >= 4 is 5.96 Å². The van der Waals surface area contributed by atoms with Gasteiger partial charge in [-0.3, -0.25) is 4.99 Å². The molecule has 0 unspecified atom stereocenters. The second-order valence-corrected chi connectivity index (χ2v) is 6.20. The Bertz CT molecular complexity index is 478. The highest BCUT2D eigenvalue weighted by atomic mass is 15.2. The highest BCUT2D eigenvalue weighted by Crippen LogP contribution is 2.17. The highest BCUT2D eigenvalue weighted by Gasteiger charge is 2.15. The lowest BCUT2D eigenvalue weighted by Crippen LogP contribution is -2.41. The summed E-state index contributed by atoms with van der Waals surface area (Å²) in [6.45, 7) is 5.07. The number of hydrogen-bond donors (Lipinski definition) is 2. The molecule has 1 aliphatic rings. The van der Waals surface area contributed by atoms with Gasteiger partial charge in [-0.2, -0.15) is 0 Å². The van der Waals surface area contributed by atoms with E-state index in [9.17, 15) is 0 Å². The summed E-state index contributed by atoms with van der Waals surface area (Å²) in [6.07, 6.45) is 5.20. The first-order valence-electron chi connectivity index (χ1n) is 8.44. The average molecular weight is 302 g/mol. The summed E-state index contributed by atoms with van der Waals surface area (Å²) < 4.78 is 0. The third-order valence-electron chi connectivity index (χ3n) is 4.36. The molecule has 0 atom stereocenters. The van der Waals surface area contributed by atoms with Crippen molar-refractivity contribution in [2.75, 3.05) is 20.6 Å². The van der Waals surface area contributed by atoms with E-state index in [-0.39, 0.29) is 0 Å². The van der Waals surface area contributed by atoms with Gasteiger partial charge in [0.15, 0.2) is 5.96 Å². The van der Waals surface area contributed by atoms with Crippen LogP contribution in [0.1, 0.15) is 43.7 Å². The molecule has 0 heterocycles. The van der Waals surface area contributed by atoms with Gasteiger partial charge in [-0.25, -0.2) is 0 Å². The van der Waals surface area contributed by atoms with Crippen molar-refractivity contribution in [2.24, 2.45) is 4.99 Å². The fourth-order valence-electron chi connectivity index (χ4n) is 2.91. The average Bonchev–Trinajstić information content (AvgIpc) is 3.04. The topological polar surface area (TPSA) is 39.7 Å². The van der Waals surface area contributed by atoms with Crippen LogP contribution in [0.15, 0.2) is 29.3 Å². The van der Waals surface area contributed by atoms with Gasteiger partial charge in [0.05, 0.1) is 0 Å². The van der Waals surface area contributed by atoms with Crippen molar-refractivity contribution in [1.29, 1.82) is 0 Å². The van der Waals surface area contributed by atoms with E-state index in [4.69, 9.17) is 0 Å². The molecule has 0 spiro atoms. The number of benzene rings is 1. The first-order valence-corrected chi connectivity index (χ1v) is 8.44. The second kappa shape index (κ2) is 8.79. The molecule has 0 saturated heterocycles. The largest absolute Gasteiger partial charge is 0.354 e. The van der Waals surface area contributed by atoms with E-state index >= 15 is 0 Å². The number of rotatable bonds is 6. The normalized spacial score (nSPS) is 16.3. The number of nitrogens with zero attached hydrogens (tertiary/aromatic N) is 2. The van der Waals surface area contributed by atoms with E-state index < -0.39 is 0 Å². The molecule has 1 saturated carbocycles. The molecular weight excluding hydrogens is 272 g/mol. The van der Waals surface area contributed by atoms with E-state index in [1.165, 1.54) is 36.8 Å². The Labute approximate surface area is 135 Å². The molecule has 1 fully saturated rings. The Hall–Kier alpha value is -1.55. The smallest absolute Gasteiger partial charge is 0.191 e. The molecular formula is C18H30N4. The van der Waals surface area contributed by atoms with E-state index in [2.05, 4.69) is 58.8 Å². The van der Waals surface area contributed by atoms with E-state index in [0.29, 0.717) is 6.04 Å². The lowest BCUT2D eigenvalue weighted by Gasteiger charge is -2.17. The Morgan fingerprint density at radius 1 is 1.27 bits per heavy atom. The van der Waals surface area contributed by atoms with Crippen LogP contribution in [0.25, 0.3) is 0 Å². The molecule has 1 aliphatic carbocycles. The van der Waals surface area contributed by atoms with Gasteiger partial charge in [-0.15, -0.1) is 0 Å². The SMILES string of the molecule is CCN(C)Cc1cccc(CNC(=NC)NC2CCCC2)c1. The summed E-state index contributed by atoms with van der Waals surface area (Å²) in [7, 11) is 4.00. The fourth-order valence-corrected chi connectivity index (χ4v) is 2.91. The van der Waals surface area contributed by atoms with Crippen molar-refractivity contribution in [1.82, 2.24) is 15.5 Å². The van der Waals surface area contributed by atoms with Gasteiger partial charge in [-0.05, 0) is 37.6 Å². The van der Waals surface area contributed by atoms with Crippen LogP contribution < -0.4 is 10.6 Å². The van der Waals surface area contributed by atoms with Crippen LogP contribution in [-0.2, 0) is 13.1 Å². The monoisotopic (exact) mass is 302 g/mol. The predicted octanol–water partition coefficient (Wildman–Crippen LogP) is 2.75. The molecule has 0 radical (unpaired) electrons. The summed E-state index contributed by atoms with van der Waals surface area (Å²) >= 11 is 0. The minimum Gasteiger partial charge on any atom is -0.354 e. The maximum Gasteiger partial charge on any atom is 0.191 e. The van der Waals surface area contributed by atoms with E-state index in [1.807, 2.05) is 7.05 Å². The zero-order valence-corrected chi connectivity index (χ0v) is 14.2. The number of nitrogens with one attached hydrogen (secondary N) is 2. The van der Waals surface area contributed by atoms with Crippen LogP contribution in [0.4, 0.5) is 0 Å². The molecule has 4 heteroatoms. The lowest BCUT2D eigenvalue weighted by atomic mass is 10.1. The van der Waals surface area contributed by atoms with Crippen molar-refractivity contribution in [3.05, 3.63) is 35.4 Å². The zero-order valence-electron chi connectivity index (χ0n) is 14.2. The molecule has 0 aromatic heterocycles. The molecule has 2 rings (SSSR count). The van der Waals surface area contributed by atoms with Gasteiger partial charge in [0.2, 0.25) is 0 Å². The Kier molecular flexibility index (Phi) is 6.72. The summed E-state index contributed by atoms with van der Waals surface area (Å²) in [5.41, 5.74) is 2.67. The molecule has 22 heavy (non-hydrogen) atoms. The first kappa shape index (κ1) is 16.8. The molecule has 1 aromatic carbocycles. The van der Waals surface area contributed by atoms with Crippen molar-refractivity contribution < 1.29 is 0 Å². The van der Waals surface area contributed by atoms with Gasteiger partial charge < -0.3 is 15.5 Å². The number of aliphatic imine (C=N–C) groups is 1. The minimum absolute atomic E-state index is 0.593. The predicted molar refractivity (Wildman–Crippen MR) is 94.0 cm³/mol. The number of guanidine groups is 1. The minimum atomic E-state index is 0.593. The standard InChI is InChI=1S/C18H30N4/c1-4-22(3)14-16-9-7-8-15(12-16)13-20-18(19-2)21-17-10-5-6-11-17/h7-9,12,17H,4-6,10-11,13-14H2,1-3H3,(H2,19,20,21). The molecule has 122 valence electrons. The maximum atomic E-state index is 4.34. The van der Waals surface area contributed by atoms with Crippen LogP contribution >= 0.6 is 0 Å². The highest BCUT2D eigenvalue weighted by molar-refractivity contribution is 5.79. The van der Waals surface area contributed by atoms with Crippen LogP contribution in [-0.4, -0.2) is 37.5 Å². The summed E-state index contributed by atoms with van der Waals surface area (Å²) in [4.78, 5) is 6.65. The lowest BCUT2D eigenvalue weighted by molar-refractivity contribution is 0.345. The molecule has 4 nitrogen and oxygen atoms in total. The third kappa shape index (κ3) is 5.34. The van der Waals surface area contributed by atoms with Gasteiger partial charge in [0, 0.05) is 26.2 Å². The van der Waals surface area contributed by atoms with Crippen LogP contribution in [0.2, 0.25) is 0 Å².